The van der Waals surface area contributed by atoms with E-state index in [1.165, 1.54) is 29.1 Å². The van der Waals surface area contributed by atoms with Gasteiger partial charge in [0.25, 0.3) is 0 Å². The molecule has 2 aromatic heterocycles. The molecule has 2 N–H and O–H groups in total. The number of hydrogen-bond donors (Lipinski definition) is 2. The number of aliphatic carboxylic acids is 1. The van der Waals surface area contributed by atoms with Crippen LogP contribution in [-0.4, -0.2) is 47.1 Å². The molecule has 0 spiro atoms. The molecule has 9 nitrogen and oxygen atoms in total. The minimum atomic E-state index is -4.09. The largest absolute Gasteiger partial charge is 0.493 e. The number of H-pyrrole nitrogens is 1. The number of benzene rings is 3. The summed E-state index contributed by atoms with van der Waals surface area (Å²) in [6.07, 6.45) is 4.47. The van der Waals surface area contributed by atoms with Crippen molar-refractivity contribution in [3.63, 3.8) is 0 Å². The van der Waals surface area contributed by atoms with Crippen molar-refractivity contribution >= 4 is 26.7 Å². The minimum absolute atomic E-state index is 0.0515. The van der Waals surface area contributed by atoms with Crippen LogP contribution in [0.2, 0.25) is 0 Å². The van der Waals surface area contributed by atoms with Crippen LogP contribution in [0.15, 0.2) is 65.8 Å². The maximum atomic E-state index is 15.2. The fourth-order valence-corrected chi connectivity index (χ4v) is 6.66. The molecule has 0 saturated heterocycles. The summed E-state index contributed by atoms with van der Waals surface area (Å²) < 4.78 is 83.2. The molecule has 1 atom stereocenters. The van der Waals surface area contributed by atoms with Crippen molar-refractivity contribution in [3.8, 4) is 22.9 Å². The summed E-state index contributed by atoms with van der Waals surface area (Å²) >= 11 is 0. The Kier molecular flexibility index (Phi) is 7.15. The molecule has 0 unspecified atom stereocenters. The van der Waals surface area contributed by atoms with Gasteiger partial charge in [0.15, 0.2) is 21.4 Å². The van der Waals surface area contributed by atoms with Crippen LogP contribution in [0.25, 0.3) is 16.6 Å². The molecule has 1 aliphatic rings. The van der Waals surface area contributed by atoms with E-state index in [1.807, 2.05) is 25.1 Å². The van der Waals surface area contributed by atoms with Crippen LogP contribution in [-0.2, 0) is 26.5 Å². The molecular weight excluding hydrogens is 599 g/mol. The topological polar surface area (TPSA) is 124 Å². The van der Waals surface area contributed by atoms with E-state index in [0.717, 1.165) is 23.4 Å². The molecule has 228 valence electrons. The van der Waals surface area contributed by atoms with Crippen molar-refractivity contribution in [2.75, 3.05) is 12.9 Å². The number of nitrogens with zero attached hydrogens (tertiary/aromatic N) is 2. The van der Waals surface area contributed by atoms with Crippen LogP contribution in [0.5, 0.6) is 17.2 Å². The van der Waals surface area contributed by atoms with Crippen LogP contribution >= 0.6 is 0 Å². The van der Waals surface area contributed by atoms with Crippen molar-refractivity contribution in [2.45, 2.75) is 36.5 Å². The van der Waals surface area contributed by atoms with E-state index in [0.29, 0.717) is 30.9 Å². The maximum absolute atomic E-state index is 15.2. The Morgan fingerprint density at radius 1 is 1.16 bits per heavy atom. The van der Waals surface area contributed by atoms with E-state index in [-0.39, 0.29) is 28.8 Å². The predicted octanol–water partition coefficient (Wildman–Crippen LogP) is 6.07. The summed E-state index contributed by atoms with van der Waals surface area (Å²) in [5.74, 6) is -4.84. The van der Waals surface area contributed by atoms with Gasteiger partial charge < -0.3 is 19.6 Å². The number of fused-ring (bicyclic) bond motifs is 2. The highest BCUT2D eigenvalue weighted by molar-refractivity contribution is 7.91. The average Bonchev–Trinajstić information content (AvgIpc) is 3.66. The number of halogens is 3. The maximum Gasteiger partial charge on any atom is 0.303 e. The lowest BCUT2D eigenvalue weighted by molar-refractivity contribution is -0.136. The number of sulfone groups is 1. The Hall–Kier alpha value is -4.78. The number of carboxylic acid groups (broad SMARTS) is 1. The number of ether oxygens (including phenoxy) is 2. The second kappa shape index (κ2) is 10.7. The first-order valence-electron chi connectivity index (χ1n) is 13.6. The Morgan fingerprint density at radius 3 is 2.70 bits per heavy atom. The van der Waals surface area contributed by atoms with E-state index >= 15 is 8.78 Å². The Balaban J connectivity index is 1.38. The number of aromatic amines is 1. The summed E-state index contributed by atoms with van der Waals surface area (Å²) in [4.78, 5) is 13.1. The summed E-state index contributed by atoms with van der Waals surface area (Å²) in [5, 5.41) is 13.7. The Labute approximate surface area is 249 Å². The molecule has 0 aliphatic carbocycles. The first-order valence-corrected chi connectivity index (χ1v) is 15.5. The zero-order valence-electron chi connectivity index (χ0n) is 23.5. The van der Waals surface area contributed by atoms with E-state index in [1.54, 1.807) is 12.3 Å². The number of aromatic nitrogens is 3. The average molecular weight is 626 g/mol. The molecular formula is C31H26F3N3O6S. The number of nitrogens with one attached hydrogen (secondary N) is 1. The quantitative estimate of drug-likeness (QED) is 0.201. The van der Waals surface area contributed by atoms with Gasteiger partial charge in [0.1, 0.15) is 27.9 Å². The van der Waals surface area contributed by atoms with E-state index in [2.05, 4.69) is 10.1 Å². The molecule has 5 aromatic rings. The van der Waals surface area contributed by atoms with Gasteiger partial charge in [-0.25, -0.2) is 21.9 Å². The second-order valence-electron chi connectivity index (χ2n) is 10.8. The third kappa shape index (κ3) is 4.96. The molecule has 0 saturated carbocycles. The van der Waals surface area contributed by atoms with Crippen LogP contribution in [0.3, 0.4) is 0 Å². The highest BCUT2D eigenvalue weighted by Gasteiger charge is 2.38. The normalized spacial score (nSPS) is 16.5. The van der Waals surface area contributed by atoms with Crippen molar-refractivity contribution in [1.29, 1.82) is 0 Å². The third-order valence-corrected chi connectivity index (χ3v) is 9.01. The van der Waals surface area contributed by atoms with E-state index in [9.17, 15) is 17.6 Å². The van der Waals surface area contributed by atoms with Crippen LogP contribution < -0.4 is 9.47 Å². The number of para-hydroxylation sites is 1. The Morgan fingerprint density at radius 2 is 1.95 bits per heavy atom. The second-order valence-corrected chi connectivity index (χ2v) is 12.8. The van der Waals surface area contributed by atoms with Crippen LogP contribution in [0.1, 0.15) is 36.6 Å². The zero-order chi connectivity index (χ0) is 31.4. The van der Waals surface area contributed by atoms with E-state index < -0.39 is 49.3 Å². The van der Waals surface area contributed by atoms with Crippen molar-refractivity contribution in [3.05, 3.63) is 95.2 Å². The van der Waals surface area contributed by atoms with Crippen LogP contribution in [0, 0.1) is 17.5 Å². The molecule has 1 aliphatic heterocycles. The Bertz CT molecular complexity index is 2060. The third-order valence-electron chi connectivity index (χ3n) is 7.87. The van der Waals surface area contributed by atoms with Crippen molar-refractivity contribution in [2.24, 2.45) is 0 Å². The molecule has 44 heavy (non-hydrogen) atoms. The summed E-state index contributed by atoms with van der Waals surface area (Å²) in [6.45, 7) is 2.33. The van der Waals surface area contributed by atoms with Gasteiger partial charge in [-0.05, 0) is 49.6 Å². The minimum Gasteiger partial charge on any atom is -0.493 e. The molecule has 0 amide bonds. The van der Waals surface area contributed by atoms with Crippen LogP contribution in [0.4, 0.5) is 13.2 Å². The van der Waals surface area contributed by atoms with Gasteiger partial charge in [0.2, 0.25) is 5.82 Å². The number of aryl methyl sites for hydroxylation is 1. The molecule has 6 rings (SSSR count). The van der Waals surface area contributed by atoms with Gasteiger partial charge in [-0.3, -0.25) is 4.79 Å². The van der Waals surface area contributed by atoms with Gasteiger partial charge in [0.05, 0.1) is 17.8 Å². The fraction of sp³-hybridized carbons (Fsp3) is 0.226. The predicted molar refractivity (Wildman–Crippen MR) is 154 cm³/mol. The molecule has 0 radical (unpaired) electrons. The lowest BCUT2D eigenvalue weighted by atomic mass is 9.74. The smallest absolute Gasteiger partial charge is 0.303 e. The number of carbonyl (C=O) groups is 1. The highest BCUT2D eigenvalue weighted by atomic mass is 32.2. The first kappa shape index (κ1) is 29.3. The standard InChI is InChI=1S/C31H26F3N3O6S/c1-31(12-15-42-28-17(6-9-24(38)39)4-3-5-20(28)31)23-11-14-37(36-23)22-16-18(7-8-21(22)32)43-29-26(34)25(33)27-19(10-13-35-27)30(29)44(2,40)41/h3-5,7-8,10-11,13-14,16,35H,6,9,12,15H2,1-2H3,(H,38,39)/t31-/m1/s1. The zero-order valence-corrected chi connectivity index (χ0v) is 24.3. The fourth-order valence-electron chi connectivity index (χ4n) is 5.62. The van der Waals surface area contributed by atoms with Crippen molar-refractivity contribution in [1.82, 2.24) is 14.8 Å². The lowest BCUT2D eigenvalue weighted by Gasteiger charge is -2.35. The molecule has 0 bridgehead atoms. The number of carboxylic acids is 1. The molecule has 3 heterocycles. The first-order chi connectivity index (χ1) is 20.9. The van der Waals surface area contributed by atoms with Gasteiger partial charge in [-0.2, -0.15) is 9.49 Å². The highest BCUT2D eigenvalue weighted by Crippen LogP contribution is 2.45. The van der Waals surface area contributed by atoms with E-state index in [4.69, 9.17) is 14.6 Å². The van der Waals surface area contributed by atoms with Gasteiger partial charge in [0, 0.05) is 47.5 Å². The monoisotopic (exact) mass is 625 g/mol. The summed E-state index contributed by atoms with van der Waals surface area (Å²) in [7, 11) is -4.09. The summed E-state index contributed by atoms with van der Waals surface area (Å²) in [6, 6.07) is 12.0. The number of hydrogen-bond acceptors (Lipinski definition) is 6. The molecule has 13 heteroatoms. The lowest BCUT2D eigenvalue weighted by Crippen LogP contribution is -2.32. The summed E-state index contributed by atoms with van der Waals surface area (Å²) in [5.41, 5.74) is 1.12. The van der Waals surface area contributed by atoms with Gasteiger partial charge in [-0.1, -0.05) is 18.2 Å². The van der Waals surface area contributed by atoms with Gasteiger partial charge >= 0.3 is 5.97 Å². The molecule has 0 fully saturated rings. The number of rotatable bonds is 8. The molecule has 3 aromatic carbocycles. The van der Waals surface area contributed by atoms with Crippen molar-refractivity contribution < 1.29 is 41.0 Å². The SMILES string of the molecule is C[C@@]1(c2ccn(-c3cc(Oc4c(F)c(F)c5[nH]ccc5c4S(C)(=O)=O)ccc3F)n2)CCOc2c(CCC(=O)O)cccc21. The van der Waals surface area contributed by atoms with Gasteiger partial charge in [-0.15, -0.1) is 0 Å².